The molecular weight excluding hydrogens is 494 g/mol. The number of amides is 1. The lowest BCUT2D eigenvalue weighted by Crippen LogP contribution is -2.23. The summed E-state index contributed by atoms with van der Waals surface area (Å²) in [6.07, 6.45) is 13.4. The molecule has 0 spiro atoms. The van der Waals surface area contributed by atoms with Gasteiger partial charge in [-0.25, -0.2) is 0 Å². The van der Waals surface area contributed by atoms with Crippen molar-refractivity contribution in [3.63, 3.8) is 0 Å². The number of benzene rings is 2. The normalized spacial score (nSPS) is 11.7. The van der Waals surface area contributed by atoms with Crippen molar-refractivity contribution in [1.82, 2.24) is 10.1 Å². The Morgan fingerprint density at radius 3 is 2.00 bits per heavy atom. The van der Waals surface area contributed by atoms with Gasteiger partial charge in [0.25, 0.3) is 0 Å². The van der Waals surface area contributed by atoms with Gasteiger partial charge in [0, 0.05) is 18.6 Å². The van der Waals surface area contributed by atoms with Gasteiger partial charge in [0.05, 0.1) is 21.3 Å². The fourth-order valence-corrected chi connectivity index (χ4v) is 4.63. The predicted octanol–water partition coefficient (Wildman–Crippen LogP) is 7.33. The molecule has 0 saturated heterocycles. The Kier molecular flexibility index (Phi) is 12.6. The highest BCUT2D eigenvalue weighted by Crippen LogP contribution is 2.40. The number of ether oxygens (including phenoxy) is 3. The molecule has 1 atom stereocenters. The number of aromatic nitrogens is 2. The number of anilines is 1. The lowest BCUT2D eigenvalue weighted by atomic mass is 9.97. The molecule has 0 aliphatic heterocycles. The number of carbonyl (C=O) groups is 1. The van der Waals surface area contributed by atoms with E-state index in [1.807, 2.05) is 30.3 Å². The molecule has 1 heterocycles. The quantitative estimate of drug-likeness (QED) is 0.170. The molecule has 1 N–H and O–H groups in total. The molecule has 1 amide bonds. The van der Waals surface area contributed by atoms with E-state index in [1.165, 1.54) is 65.6 Å². The molecule has 1 aromatic heterocycles. The third-order valence-electron chi connectivity index (χ3n) is 6.84. The van der Waals surface area contributed by atoms with E-state index in [4.69, 9.17) is 18.7 Å². The molecule has 0 saturated carbocycles. The predicted molar refractivity (Wildman–Crippen MR) is 153 cm³/mol. The highest BCUT2D eigenvalue weighted by Gasteiger charge is 2.30. The van der Waals surface area contributed by atoms with Crippen LogP contribution in [0.3, 0.4) is 0 Å². The third-order valence-corrected chi connectivity index (χ3v) is 6.84. The van der Waals surface area contributed by atoms with Gasteiger partial charge in [-0.2, -0.15) is 4.98 Å². The van der Waals surface area contributed by atoms with Gasteiger partial charge in [-0.15, -0.1) is 0 Å². The molecule has 1 unspecified atom stereocenters. The van der Waals surface area contributed by atoms with Gasteiger partial charge < -0.3 is 24.1 Å². The zero-order valence-corrected chi connectivity index (χ0v) is 23.8. The molecule has 0 radical (unpaired) electrons. The summed E-state index contributed by atoms with van der Waals surface area (Å²) in [5.41, 5.74) is 1.15. The number of hydrogen-bond acceptors (Lipinski definition) is 7. The largest absolute Gasteiger partial charge is 0.496 e. The SMILES string of the molecule is CCCCCCCCCCCCc1noc(C(C(=O)Nc2c(OC)cc(OC)cc2OC)c2ccccc2)n1. The first-order valence-electron chi connectivity index (χ1n) is 14.1. The minimum atomic E-state index is -0.795. The number of nitrogens with zero attached hydrogens (tertiary/aromatic N) is 2. The van der Waals surface area contributed by atoms with Gasteiger partial charge in [-0.3, -0.25) is 4.79 Å². The van der Waals surface area contributed by atoms with Crippen LogP contribution >= 0.6 is 0 Å². The van der Waals surface area contributed by atoms with Crippen molar-refractivity contribution in [2.24, 2.45) is 0 Å². The Bertz CT molecular complexity index is 1110. The molecule has 3 rings (SSSR count). The second-order valence-corrected chi connectivity index (χ2v) is 9.72. The van der Waals surface area contributed by atoms with Crippen LogP contribution in [-0.2, 0) is 11.2 Å². The lowest BCUT2D eigenvalue weighted by Gasteiger charge is -2.18. The van der Waals surface area contributed by atoms with Crippen molar-refractivity contribution < 1.29 is 23.5 Å². The lowest BCUT2D eigenvalue weighted by molar-refractivity contribution is -0.117. The van der Waals surface area contributed by atoms with Crippen molar-refractivity contribution in [1.29, 1.82) is 0 Å². The molecule has 8 nitrogen and oxygen atoms in total. The minimum Gasteiger partial charge on any atom is -0.496 e. The van der Waals surface area contributed by atoms with Crippen molar-refractivity contribution in [2.45, 2.75) is 83.5 Å². The topological polar surface area (TPSA) is 95.7 Å². The van der Waals surface area contributed by atoms with Crippen LogP contribution in [0.25, 0.3) is 0 Å². The first-order chi connectivity index (χ1) is 19.1. The van der Waals surface area contributed by atoms with Crippen molar-refractivity contribution >= 4 is 11.6 Å². The number of nitrogens with one attached hydrogen (secondary N) is 1. The summed E-state index contributed by atoms with van der Waals surface area (Å²) in [7, 11) is 4.60. The van der Waals surface area contributed by atoms with Crippen LogP contribution in [0.1, 0.15) is 94.3 Å². The maximum Gasteiger partial charge on any atom is 0.243 e. The van der Waals surface area contributed by atoms with E-state index in [2.05, 4.69) is 22.4 Å². The summed E-state index contributed by atoms with van der Waals surface area (Å²) in [5, 5.41) is 7.14. The first kappa shape index (κ1) is 30.0. The molecule has 8 heteroatoms. The summed E-state index contributed by atoms with van der Waals surface area (Å²) in [4.78, 5) is 18.3. The van der Waals surface area contributed by atoms with Crippen molar-refractivity contribution in [3.05, 3.63) is 59.7 Å². The summed E-state index contributed by atoms with van der Waals surface area (Å²) in [5.74, 6) is 1.13. The van der Waals surface area contributed by atoms with Gasteiger partial charge in [0.15, 0.2) is 5.82 Å². The van der Waals surface area contributed by atoms with Crippen LogP contribution in [0.4, 0.5) is 5.69 Å². The Hall–Kier alpha value is -3.55. The maximum absolute atomic E-state index is 13.7. The maximum atomic E-state index is 13.7. The van der Waals surface area contributed by atoms with E-state index in [0.29, 0.717) is 28.8 Å². The molecule has 39 heavy (non-hydrogen) atoms. The van der Waals surface area contributed by atoms with E-state index in [1.54, 1.807) is 19.2 Å². The smallest absolute Gasteiger partial charge is 0.243 e. The zero-order valence-electron chi connectivity index (χ0n) is 23.8. The van der Waals surface area contributed by atoms with Crippen LogP contribution < -0.4 is 19.5 Å². The molecule has 0 bridgehead atoms. The highest BCUT2D eigenvalue weighted by molar-refractivity contribution is 6.00. The zero-order chi connectivity index (χ0) is 27.9. The van der Waals surface area contributed by atoms with Gasteiger partial charge >= 0.3 is 0 Å². The summed E-state index contributed by atoms with van der Waals surface area (Å²) >= 11 is 0. The van der Waals surface area contributed by atoms with E-state index < -0.39 is 5.92 Å². The van der Waals surface area contributed by atoms with Crippen molar-refractivity contribution in [2.75, 3.05) is 26.6 Å². The van der Waals surface area contributed by atoms with Crippen molar-refractivity contribution in [3.8, 4) is 17.2 Å². The fraction of sp³-hybridized carbons (Fsp3) is 0.516. The van der Waals surface area contributed by atoms with Gasteiger partial charge in [-0.05, 0) is 12.0 Å². The van der Waals surface area contributed by atoms with Crippen LogP contribution in [0.5, 0.6) is 17.2 Å². The Balaban J connectivity index is 1.65. The van der Waals surface area contributed by atoms with E-state index in [0.717, 1.165) is 24.8 Å². The number of methoxy groups -OCH3 is 3. The average molecular weight is 538 g/mol. The Morgan fingerprint density at radius 2 is 1.44 bits per heavy atom. The van der Waals surface area contributed by atoms with Gasteiger partial charge in [-0.1, -0.05) is 100 Å². The number of unbranched alkanes of at least 4 members (excludes halogenated alkanes) is 9. The minimum absolute atomic E-state index is 0.257. The van der Waals surface area contributed by atoms with E-state index in [-0.39, 0.29) is 11.8 Å². The fourth-order valence-electron chi connectivity index (χ4n) is 4.63. The van der Waals surface area contributed by atoms with Crippen LogP contribution in [0, 0.1) is 0 Å². The molecule has 3 aromatic rings. The second-order valence-electron chi connectivity index (χ2n) is 9.72. The van der Waals surface area contributed by atoms with Gasteiger partial charge in [0.1, 0.15) is 28.9 Å². The first-order valence-corrected chi connectivity index (χ1v) is 14.1. The Labute approximate surface area is 232 Å². The molecule has 212 valence electrons. The monoisotopic (exact) mass is 537 g/mol. The average Bonchev–Trinajstić information content (AvgIpc) is 3.42. The van der Waals surface area contributed by atoms with Crippen LogP contribution in [0.2, 0.25) is 0 Å². The Morgan fingerprint density at radius 1 is 0.846 bits per heavy atom. The number of rotatable bonds is 18. The van der Waals surface area contributed by atoms with Crippen LogP contribution in [0.15, 0.2) is 47.0 Å². The number of hydrogen-bond donors (Lipinski definition) is 1. The van der Waals surface area contributed by atoms with E-state index >= 15 is 0 Å². The molecule has 0 fully saturated rings. The molecule has 2 aromatic carbocycles. The summed E-state index contributed by atoms with van der Waals surface area (Å²) in [6.45, 7) is 2.25. The van der Waals surface area contributed by atoms with Crippen LogP contribution in [-0.4, -0.2) is 37.4 Å². The number of aryl methyl sites for hydroxylation is 1. The second kappa shape index (κ2) is 16.4. The summed E-state index contributed by atoms with van der Waals surface area (Å²) in [6, 6.07) is 12.8. The molecule has 0 aliphatic carbocycles. The standard InChI is InChI=1S/C31H43N3O5/c1-5-6-7-8-9-10-11-12-13-17-20-27-32-31(39-34-27)28(23-18-15-14-16-19-23)30(35)33-29-25(37-3)21-24(36-2)22-26(29)38-4/h14-16,18-19,21-22,28H,5-13,17,20H2,1-4H3,(H,33,35). The van der Waals surface area contributed by atoms with E-state index in [9.17, 15) is 4.79 Å². The number of carbonyl (C=O) groups excluding carboxylic acids is 1. The molecule has 0 aliphatic rings. The summed E-state index contributed by atoms with van der Waals surface area (Å²) < 4.78 is 22.0. The van der Waals surface area contributed by atoms with Gasteiger partial charge in [0.2, 0.25) is 11.8 Å². The third kappa shape index (κ3) is 9.01. The highest BCUT2D eigenvalue weighted by atomic mass is 16.5. The molecular formula is C31H43N3O5.